The molecule has 2 heterocycles. The predicted molar refractivity (Wildman–Crippen MR) is 108 cm³/mol. The maximum absolute atomic E-state index is 12.3. The second-order valence-electron chi connectivity index (χ2n) is 7.05. The van der Waals surface area contributed by atoms with E-state index in [9.17, 15) is 19.2 Å². The first-order valence-corrected chi connectivity index (χ1v) is 9.28. The van der Waals surface area contributed by atoms with Gasteiger partial charge in [-0.2, -0.15) is 0 Å². The summed E-state index contributed by atoms with van der Waals surface area (Å²) in [6.45, 7) is 1.82. The van der Waals surface area contributed by atoms with Gasteiger partial charge in [0.1, 0.15) is 6.54 Å². The van der Waals surface area contributed by atoms with Crippen molar-refractivity contribution in [2.75, 3.05) is 13.1 Å². The van der Waals surface area contributed by atoms with E-state index in [4.69, 9.17) is 0 Å². The average molecular weight is 389 g/mol. The number of aryl methyl sites for hydroxylation is 1. The van der Waals surface area contributed by atoms with Crippen molar-refractivity contribution in [3.05, 3.63) is 81.1 Å². The SMILES string of the molecule is Cc1cc2cc(CCNC(=O)CN3C(=O)c4ccccc4C3=O)ccc2[nH]c1=O. The summed E-state index contributed by atoms with van der Waals surface area (Å²) in [5, 5.41) is 3.68. The molecule has 0 atom stereocenters. The normalized spacial score (nSPS) is 13.1. The zero-order chi connectivity index (χ0) is 20.5. The van der Waals surface area contributed by atoms with Crippen molar-refractivity contribution < 1.29 is 14.4 Å². The van der Waals surface area contributed by atoms with Crippen LogP contribution in [0.25, 0.3) is 10.9 Å². The largest absolute Gasteiger partial charge is 0.354 e. The summed E-state index contributed by atoms with van der Waals surface area (Å²) in [7, 11) is 0. The van der Waals surface area contributed by atoms with Gasteiger partial charge in [-0.15, -0.1) is 0 Å². The van der Waals surface area contributed by atoms with Crippen molar-refractivity contribution >= 4 is 28.6 Å². The van der Waals surface area contributed by atoms with Gasteiger partial charge in [0.15, 0.2) is 0 Å². The Kier molecular flexibility index (Phi) is 4.72. The van der Waals surface area contributed by atoms with Crippen LogP contribution in [0.15, 0.2) is 53.3 Å². The molecule has 0 spiro atoms. The first kappa shape index (κ1) is 18.6. The fourth-order valence-corrected chi connectivity index (χ4v) is 3.45. The Morgan fingerprint density at radius 3 is 2.38 bits per heavy atom. The summed E-state index contributed by atoms with van der Waals surface area (Å²) in [5.41, 5.74) is 2.96. The van der Waals surface area contributed by atoms with Crippen LogP contribution in [0.5, 0.6) is 0 Å². The van der Waals surface area contributed by atoms with E-state index in [1.807, 2.05) is 24.3 Å². The van der Waals surface area contributed by atoms with Crippen LogP contribution in [0.1, 0.15) is 31.8 Å². The van der Waals surface area contributed by atoms with E-state index in [0.717, 1.165) is 21.4 Å². The molecule has 3 aromatic rings. The third-order valence-corrected chi connectivity index (χ3v) is 5.01. The van der Waals surface area contributed by atoms with E-state index in [-0.39, 0.29) is 18.0 Å². The number of aromatic nitrogens is 1. The molecule has 7 heteroatoms. The Bertz CT molecular complexity index is 1180. The summed E-state index contributed by atoms with van der Waals surface area (Å²) in [6.07, 6.45) is 0.585. The second kappa shape index (κ2) is 7.35. The molecule has 0 bridgehead atoms. The highest BCUT2D eigenvalue weighted by Gasteiger charge is 2.36. The number of rotatable bonds is 5. The first-order chi connectivity index (χ1) is 13.9. The average Bonchev–Trinajstić information content (AvgIpc) is 2.94. The van der Waals surface area contributed by atoms with Crippen molar-refractivity contribution in [2.45, 2.75) is 13.3 Å². The lowest BCUT2D eigenvalue weighted by molar-refractivity contribution is -0.121. The third-order valence-electron chi connectivity index (χ3n) is 5.01. The minimum absolute atomic E-state index is 0.106. The highest BCUT2D eigenvalue weighted by Crippen LogP contribution is 2.21. The van der Waals surface area contributed by atoms with Gasteiger partial charge in [0.2, 0.25) is 5.91 Å². The first-order valence-electron chi connectivity index (χ1n) is 9.28. The Balaban J connectivity index is 1.35. The number of H-pyrrole nitrogens is 1. The van der Waals surface area contributed by atoms with Gasteiger partial charge in [-0.25, -0.2) is 0 Å². The third kappa shape index (κ3) is 3.54. The van der Waals surface area contributed by atoms with E-state index < -0.39 is 11.8 Å². The van der Waals surface area contributed by atoms with E-state index >= 15 is 0 Å². The molecule has 4 rings (SSSR count). The van der Waals surface area contributed by atoms with Gasteiger partial charge in [0.05, 0.1) is 11.1 Å². The molecule has 0 fully saturated rings. The van der Waals surface area contributed by atoms with E-state index in [2.05, 4.69) is 10.3 Å². The van der Waals surface area contributed by atoms with E-state index in [0.29, 0.717) is 29.7 Å². The van der Waals surface area contributed by atoms with Gasteiger partial charge in [0.25, 0.3) is 17.4 Å². The molecule has 1 aliphatic heterocycles. The number of fused-ring (bicyclic) bond motifs is 2. The topological polar surface area (TPSA) is 99.3 Å². The van der Waals surface area contributed by atoms with Gasteiger partial charge in [-0.1, -0.05) is 18.2 Å². The van der Waals surface area contributed by atoms with E-state index in [1.54, 1.807) is 31.2 Å². The molecular formula is C22H19N3O4. The minimum atomic E-state index is -0.445. The van der Waals surface area contributed by atoms with E-state index in [1.165, 1.54) is 0 Å². The number of benzene rings is 2. The number of imide groups is 1. The molecule has 29 heavy (non-hydrogen) atoms. The van der Waals surface area contributed by atoms with Crippen LogP contribution in [0.2, 0.25) is 0 Å². The number of pyridine rings is 1. The van der Waals surface area contributed by atoms with Crippen LogP contribution in [-0.4, -0.2) is 40.7 Å². The summed E-state index contributed by atoms with van der Waals surface area (Å²) in [5.74, 6) is -1.28. The lowest BCUT2D eigenvalue weighted by Crippen LogP contribution is -2.40. The maximum atomic E-state index is 12.3. The fourth-order valence-electron chi connectivity index (χ4n) is 3.45. The number of nitrogens with one attached hydrogen (secondary N) is 2. The molecule has 0 aliphatic carbocycles. The molecule has 7 nitrogen and oxygen atoms in total. The second-order valence-corrected chi connectivity index (χ2v) is 7.05. The number of hydrogen-bond donors (Lipinski definition) is 2. The lowest BCUT2D eigenvalue weighted by atomic mass is 10.1. The number of carbonyl (C=O) groups is 3. The van der Waals surface area contributed by atoms with Crippen molar-refractivity contribution in [2.24, 2.45) is 0 Å². The zero-order valence-corrected chi connectivity index (χ0v) is 15.8. The Morgan fingerprint density at radius 2 is 1.69 bits per heavy atom. The molecule has 0 saturated heterocycles. The molecular weight excluding hydrogens is 370 g/mol. The quantitative estimate of drug-likeness (QED) is 0.650. The fraction of sp³-hybridized carbons (Fsp3) is 0.182. The number of aromatic amines is 1. The summed E-state index contributed by atoms with van der Waals surface area (Å²) in [4.78, 5) is 52.3. The number of hydrogen-bond acceptors (Lipinski definition) is 4. The van der Waals surface area contributed by atoms with Crippen LogP contribution >= 0.6 is 0 Å². The van der Waals surface area contributed by atoms with Crippen LogP contribution in [0, 0.1) is 6.92 Å². The van der Waals surface area contributed by atoms with Crippen LogP contribution < -0.4 is 10.9 Å². The maximum Gasteiger partial charge on any atom is 0.262 e. The predicted octanol–water partition coefficient (Wildman–Crippen LogP) is 1.79. The molecule has 1 aromatic heterocycles. The van der Waals surface area contributed by atoms with Crippen LogP contribution in [0.3, 0.4) is 0 Å². The molecule has 0 unspecified atom stereocenters. The molecule has 3 amide bonds. The number of nitrogens with zero attached hydrogens (tertiary/aromatic N) is 1. The van der Waals surface area contributed by atoms with Crippen LogP contribution in [0.4, 0.5) is 0 Å². The Labute approximate surface area is 166 Å². The highest BCUT2D eigenvalue weighted by atomic mass is 16.2. The lowest BCUT2D eigenvalue weighted by Gasteiger charge is -2.13. The molecule has 1 aliphatic rings. The minimum Gasteiger partial charge on any atom is -0.354 e. The van der Waals surface area contributed by atoms with Gasteiger partial charge in [0, 0.05) is 17.6 Å². The zero-order valence-electron chi connectivity index (χ0n) is 15.8. The summed E-state index contributed by atoms with van der Waals surface area (Å²) >= 11 is 0. The van der Waals surface area contributed by atoms with Crippen LogP contribution in [-0.2, 0) is 11.2 Å². The van der Waals surface area contributed by atoms with Crippen molar-refractivity contribution in [1.82, 2.24) is 15.2 Å². The molecule has 2 aromatic carbocycles. The molecule has 2 N–H and O–H groups in total. The highest BCUT2D eigenvalue weighted by molar-refractivity contribution is 6.22. The van der Waals surface area contributed by atoms with Crippen molar-refractivity contribution in [3.8, 4) is 0 Å². The monoisotopic (exact) mass is 389 g/mol. The molecule has 146 valence electrons. The Morgan fingerprint density at radius 1 is 1.00 bits per heavy atom. The Hall–Kier alpha value is -3.74. The standard InChI is InChI=1S/C22H19N3O4/c1-13-10-15-11-14(6-7-18(15)24-20(13)27)8-9-23-19(26)12-25-21(28)16-4-2-3-5-17(16)22(25)29/h2-7,10-11H,8-9,12H2,1H3,(H,23,26)(H,24,27). The summed E-state index contributed by atoms with van der Waals surface area (Å²) in [6, 6.07) is 14.1. The number of amides is 3. The van der Waals surface area contributed by atoms with Gasteiger partial charge in [-0.3, -0.25) is 24.1 Å². The molecule has 0 saturated carbocycles. The van der Waals surface area contributed by atoms with Gasteiger partial charge < -0.3 is 10.3 Å². The smallest absolute Gasteiger partial charge is 0.262 e. The molecule has 0 radical (unpaired) electrons. The number of carbonyl (C=O) groups excluding carboxylic acids is 3. The van der Waals surface area contributed by atoms with Crippen molar-refractivity contribution in [1.29, 1.82) is 0 Å². The van der Waals surface area contributed by atoms with Crippen molar-refractivity contribution in [3.63, 3.8) is 0 Å². The summed E-state index contributed by atoms with van der Waals surface area (Å²) < 4.78 is 0. The van der Waals surface area contributed by atoms with Gasteiger partial charge >= 0.3 is 0 Å². The van der Waals surface area contributed by atoms with Gasteiger partial charge in [-0.05, 0) is 54.6 Å².